The van der Waals surface area contributed by atoms with Gasteiger partial charge >= 0.3 is 23.9 Å². The van der Waals surface area contributed by atoms with E-state index in [1.165, 1.54) is 9.80 Å². The molecule has 0 unspecified atom stereocenters. The van der Waals surface area contributed by atoms with Crippen molar-refractivity contribution in [2.45, 2.75) is 32.4 Å². The Morgan fingerprint density at radius 2 is 0.920 bits per heavy atom. The van der Waals surface area contributed by atoms with Crippen molar-refractivity contribution in [2.24, 2.45) is 11.8 Å². The third kappa shape index (κ3) is 5.98. The molecule has 1 aliphatic rings. The zero-order valence-electron chi connectivity index (χ0n) is 14.2. The van der Waals surface area contributed by atoms with E-state index in [2.05, 4.69) is 0 Å². The molecule has 0 bridgehead atoms. The Hall–Kier alpha value is -2.20. The minimum Gasteiger partial charge on any atom is -0.480 e. The molecule has 0 amide bonds. The molecule has 0 saturated heterocycles. The van der Waals surface area contributed by atoms with Crippen LogP contribution in [-0.2, 0) is 19.2 Å². The maximum atomic E-state index is 11.1. The molecule has 0 spiro atoms. The summed E-state index contributed by atoms with van der Waals surface area (Å²) in [6.07, 6.45) is 0.612. The summed E-state index contributed by atoms with van der Waals surface area (Å²) in [4.78, 5) is 47.1. The second-order valence-electron chi connectivity index (χ2n) is 6.56. The van der Waals surface area contributed by atoms with E-state index >= 15 is 0 Å². The molecule has 4 N–H and O–H groups in total. The zero-order valence-corrected chi connectivity index (χ0v) is 14.2. The van der Waals surface area contributed by atoms with E-state index in [1.54, 1.807) is 0 Å². The van der Waals surface area contributed by atoms with Crippen LogP contribution in [0.5, 0.6) is 0 Å². The van der Waals surface area contributed by atoms with E-state index in [4.69, 9.17) is 20.4 Å². The molecule has 4 atom stereocenters. The minimum atomic E-state index is -1.20. The van der Waals surface area contributed by atoms with Gasteiger partial charge in [0, 0.05) is 12.1 Å². The average molecular weight is 360 g/mol. The van der Waals surface area contributed by atoms with Crippen LogP contribution in [0.15, 0.2) is 0 Å². The van der Waals surface area contributed by atoms with Crippen molar-refractivity contribution in [1.82, 2.24) is 9.80 Å². The maximum Gasteiger partial charge on any atom is 0.317 e. The highest BCUT2D eigenvalue weighted by Crippen LogP contribution is 2.37. The van der Waals surface area contributed by atoms with Gasteiger partial charge in [-0.25, -0.2) is 0 Å². The third-order valence-electron chi connectivity index (χ3n) is 4.46. The maximum absolute atomic E-state index is 11.1. The molecule has 10 heteroatoms. The first kappa shape index (κ1) is 20.8. The van der Waals surface area contributed by atoms with Crippen LogP contribution in [0.1, 0.15) is 20.3 Å². The van der Waals surface area contributed by atoms with E-state index in [0.29, 0.717) is 6.42 Å². The van der Waals surface area contributed by atoms with Crippen molar-refractivity contribution in [3.8, 4) is 0 Å². The average Bonchev–Trinajstić information content (AvgIpc) is 2.69. The highest BCUT2D eigenvalue weighted by atomic mass is 16.4. The lowest BCUT2D eigenvalue weighted by Crippen LogP contribution is -2.56. The fourth-order valence-corrected chi connectivity index (χ4v) is 3.92. The Morgan fingerprint density at radius 1 is 0.680 bits per heavy atom. The van der Waals surface area contributed by atoms with E-state index in [-0.39, 0.29) is 11.8 Å². The normalized spacial score (nSPS) is 26.1. The van der Waals surface area contributed by atoms with E-state index in [0.717, 1.165) is 0 Å². The second-order valence-corrected chi connectivity index (χ2v) is 6.56. The first-order valence-electron chi connectivity index (χ1n) is 7.88. The molecule has 0 aromatic heterocycles. The van der Waals surface area contributed by atoms with Gasteiger partial charge < -0.3 is 20.4 Å². The lowest BCUT2D eigenvalue weighted by atomic mass is 9.98. The van der Waals surface area contributed by atoms with Crippen LogP contribution < -0.4 is 0 Å². The summed E-state index contributed by atoms with van der Waals surface area (Å²) in [5, 5.41) is 36.4. The highest BCUT2D eigenvalue weighted by molar-refractivity contribution is 5.73. The van der Waals surface area contributed by atoms with Gasteiger partial charge in [0.25, 0.3) is 0 Å². The molecule has 0 aromatic rings. The summed E-state index contributed by atoms with van der Waals surface area (Å²) in [6, 6.07) is -1.14. The quantitative estimate of drug-likeness (QED) is 0.394. The zero-order chi connectivity index (χ0) is 19.3. The number of aliphatic carboxylic acids is 4. The van der Waals surface area contributed by atoms with E-state index in [1.807, 2.05) is 13.8 Å². The van der Waals surface area contributed by atoms with Gasteiger partial charge in [-0.1, -0.05) is 13.8 Å². The summed E-state index contributed by atoms with van der Waals surface area (Å²) in [7, 11) is 0. The number of hydrogen-bond acceptors (Lipinski definition) is 6. The summed E-state index contributed by atoms with van der Waals surface area (Å²) < 4.78 is 0. The third-order valence-corrected chi connectivity index (χ3v) is 4.46. The number of carbonyl (C=O) groups is 4. The van der Waals surface area contributed by atoms with Crippen LogP contribution in [0.3, 0.4) is 0 Å². The minimum absolute atomic E-state index is 0.108. The monoisotopic (exact) mass is 360 g/mol. The molecule has 1 fully saturated rings. The Balaban J connectivity index is 3.20. The Bertz CT molecular complexity index is 460. The van der Waals surface area contributed by atoms with Gasteiger partial charge in [0.15, 0.2) is 0 Å². The van der Waals surface area contributed by atoms with Crippen LogP contribution in [-0.4, -0.2) is 92.4 Å². The van der Waals surface area contributed by atoms with Crippen LogP contribution in [0.4, 0.5) is 0 Å². The van der Waals surface area contributed by atoms with Gasteiger partial charge in [-0.05, 0) is 18.3 Å². The molecule has 1 rings (SSSR count). The fourth-order valence-electron chi connectivity index (χ4n) is 3.92. The van der Waals surface area contributed by atoms with Crippen molar-refractivity contribution < 1.29 is 39.6 Å². The molecule has 142 valence electrons. The predicted octanol–water partition coefficient (Wildman–Crippen LogP) is -0.658. The lowest BCUT2D eigenvalue weighted by molar-refractivity contribution is -0.148. The molecular formula is C15H24N2O8. The lowest BCUT2D eigenvalue weighted by Gasteiger charge is -2.39. The molecule has 1 saturated carbocycles. The largest absolute Gasteiger partial charge is 0.480 e. The first-order valence-corrected chi connectivity index (χ1v) is 7.88. The van der Waals surface area contributed by atoms with Crippen molar-refractivity contribution in [1.29, 1.82) is 0 Å². The Labute approximate surface area is 144 Å². The highest BCUT2D eigenvalue weighted by Gasteiger charge is 2.46. The van der Waals surface area contributed by atoms with Gasteiger partial charge in [-0.2, -0.15) is 0 Å². The van der Waals surface area contributed by atoms with Gasteiger partial charge in [-0.15, -0.1) is 0 Å². The summed E-state index contributed by atoms with van der Waals surface area (Å²) >= 11 is 0. The fraction of sp³-hybridized carbons (Fsp3) is 0.733. The van der Waals surface area contributed by atoms with Crippen LogP contribution in [0.2, 0.25) is 0 Å². The number of nitrogens with zero attached hydrogens (tertiary/aromatic N) is 2. The van der Waals surface area contributed by atoms with Gasteiger partial charge in [0.05, 0.1) is 26.2 Å². The number of carboxylic acid groups (broad SMARTS) is 4. The van der Waals surface area contributed by atoms with Crippen LogP contribution in [0, 0.1) is 11.8 Å². The number of rotatable bonds is 10. The van der Waals surface area contributed by atoms with E-state index < -0.39 is 62.1 Å². The van der Waals surface area contributed by atoms with Crippen molar-refractivity contribution in [3.05, 3.63) is 0 Å². The Morgan fingerprint density at radius 3 is 1.12 bits per heavy atom. The predicted molar refractivity (Wildman–Crippen MR) is 84.2 cm³/mol. The molecule has 0 aliphatic heterocycles. The van der Waals surface area contributed by atoms with Crippen LogP contribution in [0.25, 0.3) is 0 Å². The molecule has 1 aliphatic carbocycles. The second kappa shape index (κ2) is 8.77. The molecule has 25 heavy (non-hydrogen) atoms. The first-order chi connectivity index (χ1) is 11.5. The SMILES string of the molecule is C[C@@H]1C[C@H](C)[C@@H](N(CC(=O)O)CC(=O)O)[C@H]1N(CC(=O)O)CC(=O)O. The van der Waals surface area contributed by atoms with Crippen molar-refractivity contribution in [2.75, 3.05) is 26.2 Å². The van der Waals surface area contributed by atoms with E-state index in [9.17, 15) is 19.2 Å². The number of hydrogen-bond donors (Lipinski definition) is 4. The van der Waals surface area contributed by atoms with Crippen molar-refractivity contribution >= 4 is 23.9 Å². The smallest absolute Gasteiger partial charge is 0.317 e. The molecule has 0 heterocycles. The molecule has 0 aromatic carbocycles. The topological polar surface area (TPSA) is 156 Å². The Kier molecular flexibility index (Phi) is 7.31. The van der Waals surface area contributed by atoms with Gasteiger partial charge in [-0.3, -0.25) is 29.0 Å². The summed E-state index contributed by atoms with van der Waals surface area (Å²) in [5.74, 6) is -5.01. The van der Waals surface area contributed by atoms with Gasteiger partial charge in [0.1, 0.15) is 0 Å². The van der Waals surface area contributed by atoms with Crippen LogP contribution >= 0.6 is 0 Å². The molecule has 10 nitrogen and oxygen atoms in total. The molecule has 0 radical (unpaired) electrons. The standard InChI is InChI=1S/C15H24N2O8/c1-8-3-9(2)15(17(6-12(22)23)7-13(24)25)14(8)16(4-10(18)19)5-11(20)21/h8-9,14-15H,3-7H2,1-2H3,(H,18,19)(H,20,21)(H,22,23)(H,24,25)/t8-,9+,14+,15-. The number of carboxylic acids is 4. The molecular weight excluding hydrogens is 336 g/mol. The van der Waals surface area contributed by atoms with Gasteiger partial charge in [0.2, 0.25) is 0 Å². The summed E-state index contributed by atoms with van der Waals surface area (Å²) in [5.41, 5.74) is 0. The van der Waals surface area contributed by atoms with Crippen molar-refractivity contribution in [3.63, 3.8) is 0 Å². The summed E-state index contributed by atoms with van der Waals surface area (Å²) in [6.45, 7) is 1.60.